The Kier molecular flexibility index (Phi) is 4.69. The lowest BCUT2D eigenvalue weighted by Gasteiger charge is -2.12. The Morgan fingerprint density at radius 3 is 2.76 bits per heavy atom. The Labute approximate surface area is 100 Å². The van der Waals surface area contributed by atoms with Crippen LogP contribution in [-0.2, 0) is 4.79 Å². The van der Waals surface area contributed by atoms with Gasteiger partial charge in [0.1, 0.15) is 11.6 Å². The molecule has 4 heteroatoms. The van der Waals surface area contributed by atoms with Gasteiger partial charge >= 0.3 is 0 Å². The molecule has 0 aliphatic rings. The van der Waals surface area contributed by atoms with E-state index >= 15 is 0 Å². The van der Waals surface area contributed by atoms with Crippen LogP contribution >= 0.6 is 0 Å². The number of benzene rings is 1. The molecule has 0 saturated carbocycles. The lowest BCUT2D eigenvalue weighted by molar-refractivity contribution is -0.120. The summed E-state index contributed by atoms with van der Waals surface area (Å²) in [4.78, 5) is 13.4. The van der Waals surface area contributed by atoms with Crippen molar-refractivity contribution in [3.63, 3.8) is 0 Å². The summed E-state index contributed by atoms with van der Waals surface area (Å²) in [6.07, 6.45) is 2.45. The number of halogens is 1. The Hall–Kier alpha value is -1.84. The number of ketones is 1. The predicted octanol–water partition coefficient (Wildman–Crippen LogP) is 2.24. The van der Waals surface area contributed by atoms with E-state index in [4.69, 9.17) is 4.74 Å². The number of rotatable bonds is 5. The van der Waals surface area contributed by atoms with E-state index in [2.05, 4.69) is 0 Å². The highest BCUT2D eigenvalue weighted by molar-refractivity contribution is 5.93. The van der Waals surface area contributed by atoms with Crippen LogP contribution in [-0.4, -0.2) is 30.9 Å². The third-order valence-corrected chi connectivity index (χ3v) is 2.05. The van der Waals surface area contributed by atoms with Crippen LogP contribution in [0, 0.1) is 5.82 Å². The molecule has 0 saturated heterocycles. The van der Waals surface area contributed by atoms with Crippen molar-refractivity contribution >= 4 is 5.78 Å². The molecule has 0 heterocycles. The lowest BCUT2D eigenvalue weighted by Crippen LogP contribution is -2.22. The topological polar surface area (TPSA) is 29.5 Å². The molecule has 0 aromatic heterocycles. The number of carbonyl (C=O) groups excluding carboxylic acids is 1. The van der Waals surface area contributed by atoms with Gasteiger partial charge < -0.3 is 9.64 Å². The summed E-state index contributed by atoms with van der Waals surface area (Å²) in [7, 11) is 3.64. The summed E-state index contributed by atoms with van der Waals surface area (Å²) in [6.45, 7) is 1.63. The molecule has 0 amide bonds. The molecule has 0 radical (unpaired) electrons. The van der Waals surface area contributed by atoms with Gasteiger partial charge in [0.25, 0.3) is 0 Å². The van der Waals surface area contributed by atoms with Gasteiger partial charge in [-0.15, -0.1) is 0 Å². The van der Waals surface area contributed by atoms with Crippen LogP contribution in [0.25, 0.3) is 0 Å². The fourth-order valence-electron chi connectivity index (χ4n) is 1.16. The molecular weight excluding hydrogens is 221 g/mol. The van der Waals surface area contributed by atoms with E-state index in [9.17, 15) is 9.18 Å². The Morgan fingerprint density at radius 1 is 1.47 bits per heavy atom. The van der Waals surface area contributed by atoms with Crippen molar-refractivity contribution in [1.29, 1.82) is 0 Å². The Morgan fingerprint density at radius 2 is 2.18 bits per heavy atom. The van der Waals surface area contributed by atoms with Crippen LogP contribution in [0.2, 0.25) is 0 Å². The van der Waals surface area contributed by atoms with Gasteiger partial charge in [0.05, 0.1) is 0 Å². The minimum atomic E-state index is -0.631. The summed E-state index contributed by atoms with van der Waals surface area (Å²) >= 11 is 0. The standard InChI is InChI=1S/C13H16FNO2/c1-10(13(16)7-8-15(2)3)17-12-6-4-5-11(14)9-12/h4-10H,1-3H3/b8-7-/t10-/m1/s1. The number of carbonyl (C=O) groups is 1. The predicted molar refractivity (Wildman–Crippen MR) is 64.3 cm³/mol. The van der Waals surface area contributed by atoms with Crippen molar-refractivity contribution in [2.75, 3.05) is 14.1 Å². The van der Waals surface area contributed by atoms with E-state index < -0.39 is 6.10 Å². The normalized spacial score (nSPS) is 12.5. The smallest absolute Gasteiger partial charge is 0.197 e. The van der Waals surface area contributed by atoms with E-state index in [-0.39, 0.29) is 11.6 Å². The molecule has 0 spiro atoms. The maximum Gasteiger partial charge on any atom is 0.197 e. The number of hydrogen-bond donors (Lipinski definition) is 0. The van der Waals surface area contributed by atoms with Crippen LogP contribution in [0.1, 0.15) is 6.92 Å². The first-order chi connectivity index (χ1) is 7.99. The van der Waals surface area contributed by atoms with E-state index in [1.807, 2.05) is 14.1 Å². The molecule has 92 valence electrons. The van der Waals surface area contributed by atoms with Crippen LogP contribution in [0.3, 0.4) is 0 Å². The summed E-state index contributed by atoms with van der Waals surface area (Å²) < 4.78 is 18.2. The van der Waals surface area contributed by atoms with Gasteiger partial charge in [0.15, 0.2) is 11.9 Å². The Bertz CT molecular complexity index is 416. The molecule has 1 atom stereocenters. The molecule has 17 heavy (non-hydrogen) atoms. The third kappa shape index (κ3) is 4.68. The molecule has 0 bridgehead atoms. The molecule has 0 N–H and O–H groups in total. The first kappa shape index (κ1) is 13.2. The minimum absolute atomic E-state index is 0.164. The quantitative estimate of drug-likeness (QED) is 0.735. The van der Waals surface area contributed by atoms with Crippen molar-refractivity contribution < 1.29 is 13.9 Å². The number of ether oxygens (including phenoxy) is 1. The van der Waals surface area contributed by atoms with Gasteiger partial charge in [-0.2, -0.15) is 0 Å². The van der Waals surface area contributed by atoms with Gasteiger partial charge in [0.2, 0.25) is 0 Å². The van der Waals surface area contributed by atoms with E-state index in [0.29, 0.717) is 5.75 Å². The molecule has 0 fully saturated rings. The van der Waals surface area contributed by atoms with Gasteiger partial charge in [-0.3, -0.25) is 4.79 Å². The molecule has 0 aliphatic heterocycles. The molecule has 0 unspecified atom stereocenters. The fourth-order valence-corrected chi connectivity index (χ4v) is 1.16. The summed E-state index contributed by atoms with van der Waals surface area (Å²) in [5, 5.41) is 0. The maximum atomic E-state index is 12.9. The van der Waals surface area contributed by atoms with Crippen molar-refractivity contribution in [2.45, 2.75) is 13.0 Å². The zero-order chi connectivity index (χ0) is 12.8. The first-order valence-corrected chi connectivity index (χ1v) is 5.29. The van der Waals surface area contributed by atoms with Crippen molar-refractivity contribution in [3.8, 4) is 5.75 Å². The van der Waals surface area contributed by atoms with Crippen LogP contribution in [0.15, 0.2) is 36.5 Å². The van der Waals surface area contributed by atoms with Crippen LogP contribution in [0.5, 0.6) is 5.75 Å². The monoisotopic (exact) mass is 237 g/mol. The van der Waals surface area contributed by atoms with Gasteiger partial charge in [0, 0.05) is 32.4 Å². The van der Waals surface area contributed by atoms with Gasteiger partial charge in [-0.1, -0.05) is 6.07 Å². The highest BCUT2D eigenvalue weighted by atomic mass is 19.1. The maximum absolute atomic E-state index is 12.9. The average Bonchev–Trinajstić information content (AvgIpc) is 2.25. The largest absolute Gasteiger partial charge is 0.482 e. The van der Waals surface area contributed by atoms with E-state index in [1.54, 1.807) is 24.1 Å². The average molecular weight is 237 g/mol. The minimum Gasteiger partial charge on any atom is -0.482 e. The molecule has 0 aliphatic carbocycles. The van der Waals surface area contributed by atoms with Crippen molar-refractivity contribution in [1.82, 2.24) is 4.90 Å². The SMILES string of the molecule is C[C@@H](Oc1cccc(F)c1)C(=O)/C=C\N(C)C. The molecule has 1 rings (SSSR count). The zero-order valence-corrected chi connectivity index (χ0v) is 10.2. The van der Waals surface area contributed by atoms with Crippen molar-refractivity contribution in [3.05, 3.63) is 42.4 Å². The molecule has 1 aromatic carbocycles. The third-order valence-electron chi connectivity index (χ3n) is 2.05. The van der Waals surface area contributed by atoms with E-state index in [0.717, 1.165) is 0 Å². The second-order valence-corrected chi connectivity index (χ2v) is 3.90. The van der Waals surface area contributed by atoms with Crippen molar-refractivity contribution in [2.24, 2.45) is 0 Å². The number of hydrogen-bond acceptors (Lipinski definition) is 3. The number of nitrogens with zero attached hydrogens (tertiary/aromatic N) is 1. The highest BCUT2D eigenvalue weighted by Gasteiger charge is 2.11. The summed E-state index contributed by atoms with van der Waals surface area (Å²) in [5.41, 5.74) is 0. The van der Waals surface area contributed by atoms with Crippen LogP contribution in [0.4, 0.5) is 4.39 Å². The van der Waals surface area contributed by atoms with Gasteiger partial charge in [-0.25, -0.2) is 4.39 Å². The fraction of sp³-hybridized carbons (Fsp3) is 0.308. The molecule has 3 nitrogen and oxygen atoms in total. The highest BCUT2D eigenvalue weighted by Crippen LogP contribution is 2.14. The second-order valence-electron chi connectivity index (χ2n) is 3.90. The van der Waals surface area contributed by atoms with Crippen LogP contribution < -0.4 is 4.74 Å². The van der Waals surface area contributed by atoms with Gasteiger partial charge in [-0.05, 0) is 19.1 Å². The second kappa shape index (κ2) is 6.03. The molecular formula is C13H16FNO2. The Balaban J connectivity index is 2.60. The summed E-state index contributed by atoms with van der Waals surface area (Å²) in [5.74, 6) is -0.196. The first-order valence-electron chi connectivity index (χ1n) is 5.29. The summed E-state index contributed by atoms with van der Waals surface area (Å²) in [6, 6.07) is 5.73. The zero-order valence-electron chi connectivity index (χ0n) is 10.2. The molecule has 1 aromatic rings. The lowest BCUT2D eigenvalue weighted by atomic mass is 10.2. The van der Waals surface area contributed by atoms with E-state index in [1.165, 1.54) is 24.3 Å².